The van der Waals surface area contributed by atoms with Crippen molar-refractivity contribution >= 4 is 50.3 Å². The van der Waals surface area contributed by atoms with Crippen molar-refractivity contribution in [2.75, 3.05) is 17.2 Å². The van der Waals surface area contributed by atoms with Crippen molar-refractivity contribution < 1.29 is 0 Å². The van der Waals surface area contributed by atoms with Gasteiger partial charge in [0, 0.05) is 16.8 Å². The quantitative estimate of drug-likeness (QED) is 0.729. The maximum absolute atomic E-state index is 4.59. The van der Waals surface area contributed by atoms with E-state index in [1.807, 2.05) is 6.92 Å². The molecule has 0 bridgehead atoms. The van der Waals surface area contributed by atoms with E-state index in [-0.39, 0.29) is 0 Å². The summed E-state index contributed by atoms with van der Waals surface area (Å²) >= 11 is 3.41. The van der Waals surface area contributed by atoms with E-state index in [9.17, 15) is 0 Å². The molecule has 0 saturated carbocycles. The molecule has 0 aliphatic heterocycles. The number of fused-ring (bicyclic) bond motifs is 1. The number of aromatic nitrogens is 2. The Morgan fingerprint density at radius 2 is 2.15 bits per heavy atom. The lowest BCUT2D eigenvalue weighted by Crippen LogP contribution is -2.04. The molecule has 104 valence electrons. The van der Waals surface area contributed by atoms with Gasteiger partial charge in [-0.2, -0.15) is 16.3 Å². The van der Waals surface area contributed by atoms with Gasteiger partial charge in [-0.25, -0.2) is 4.98 Å². The van der Waals surface area contributed by atoms with Gasteiger partial charge in [0.1, 0.15) is 10.6 Å². The van der Waals surface area contributed by atoms with Gasteiger partial charge in [0.05, 0.1) is 11.1 Å². The van der Waals surface area contributed by atoms with Gasteiger partial charge >= 0.3 is 0 Å². The Morgan fingerprint density at radius 1 is 1.25 bits per heavy atom. The van der Waals surface area contributed by atoms with E-state index in [4.69, 9.17) is 0 Å². The second-order valence-electron chi connectivity index (χ2n) is 4.35. The van der Waals surface area contributed by atoms with Gasteiger partial charge in [-0.05, 0) is 30.9 Å². The van der Waals surface area contributed by atoms with Gasteiger partial charge in [0.2, 0.25) is 5.95 Å². The zero-order valence-electron chi connectivity index (χ0n) is 11.4. The van der Waals surface area contributed by atoms with Crippen LogP contribution in [0.2, 0.25) is 0 Å². The monoisotopic (exact) mass is 304 g/mol. The molecule has 20 heavy (non-hydrogen) atoms. The van der Waals surface area contributed by atoms with E-state index >= 15 is 0 Å². The predicted molar refractivity (Wildman–Crippen MR) is 88.6 cm³/mol. The minimum atomic E-state index is 0.683. The first kappa shape index (κ1) is 13.3. The molecular formula is C14H16N4S2. The lowest BCUT2D eigenvalue weighted by atomic mass is 10.3. The van der Waals surface area contributed by atoms with Crippen LogP contribution in [0.5, 0.6) is 0 Å². The van der Waals surface area contributed by atoms with Gasteiger partial charge < -0.3 is 10.6 Å². The fourth-order valence-electron chi connectivity index (χ4n) is 1.95. The van der Waals surface area contributed by atoms with Gasteiger partial charge in [0.25, 0.3) is 0 Å². The van der Waals surface area contributed by atoms with Crippen molar-refractivity contribution in [3.63, 3.8) is 0 Å². The highest BCUT2D eigenvalue weighted by atomic mass is 32.1. The van der Waals surface area contributed by atoms with Crippen LogP contribution in [-0.2, 0) is 6.42 Å². The van der Waals surface area contributed by atoms with Gasteiger partial charge in [0.15, 0.2) is 0 Å². The van der Waals surface area contributed by atoms with Crippen LogP contribution in [-0.4, -0.2) is 16.5 Å². The number of nitrogens with zero attached hydrogens (tertiary/aromatic N) is 2. The van der Waals surface area contributed by atoms with Crippen molar-refractivity contribution in [2.24, 2.45) is 0 Å². The van der Waals surface area contributed by atoms with Gasteiger partial charge in [-0.3, -0.25) is 0 Å². The van der Waals surface area contributed by atoms with E-state index in [2.05, 4.69) is 50.4 Å². The summed E-state index contributed by atoms with van der Waals surface area (Å²) in [4.78, 5) is 11.5. The molecule has 0 aliphatic carbocycles. The molecule has 0 saturated heterocycles. The van der Waals surface area contributed by atoms with Crippen LogP contribution >= 0.6 is 22.7 Å². The molecule has 3 aromatic heterocycles. The average Bonchev–Trinajstić information content (AvgIpc) is 3.07. The van der Waals surface area contributed by atoms with E-state index in [1.54, 1.807) is 22.7 Å². The minimum Gasteiger partial charge on any atom is -0.354 e. The number of thiophene rings is 2. The molecule has 0 radical (unpaired) electrons. The molecule has 0 unspecified atom stereocenters. The normalized spacial score (nSPS) is 10.9. The summed E-state index contributed by atoms with van der Waals surface area (Å²) in [5.41, 5.74) is 1.07. The molecule has 2 N–H and O–H groups in total. The first-order valence-electron chi connectivity index (χ1n) is 6.63. The van der Waals surface area contributed by atoms with Gasteiger partial charge in [-0.1, -0.05) is 6.92 Å². The lowest BCUT2D eigenvalue weighted by Gasteiger charge is -2.07. The molecule has 3 rings (SSSR count). The van der Waals surface area contributed by atoms with Crippen molar-refractivity contribution in [3.05, 3.63) is 27.8 Å². The molecule has 0 fully saturated rings. The van der Waals surface area contributed by atoms with Crippen LogP contribution < -0.4 is 10.6 Å². The summed E-state index contributed by atoms with van der Waals surface area (Å²) in [7, 11) is 0. The lowest BCUT2D eigenvalue weighted by molar-refractivity contribution is 1.11. The summed E-state index contributed by atoms with van der Waals surface area (Å²) in [6, 6.07) is 4.24. The van der Waals surface area contributed by atoms with E-state index < -0.39 is 0 Å². The Bertz CT molecular complexity index is 703. The van der Waals surface area contributed by atoms with Crippen LogP contribution in [0.15, 0.2) is 22.9 Å². The smallest absolute Gasteiger partial charge is 0.226 e. The predicted octanol–water partition coefficient (Wildman–Crippen LogP) is 4.49. The van der Waals surface area contributed by atoms with Crippen LogP contribution in [0.1, 0.15) is 18.7 Å². The highest BCUT2D eigenvalue weighted by Crippen LogP contribution is 2.32. The van der Waals surface area contributed by atoms with E-state index in [0.29, 0.717) is 5.95 Å². The first-order chi connectivity index (χ1) is 9.80. The Labute approximate surface area is 125 Å². The van der Waals surface area contributed by atoms with Crippen LogP contribution in [0.4, 0.5) is 17.5 Å². The number of aryl methyl sites for hydroxylation is 1. The number of hydrogen-bond donors (Lipinski definition) is 2. The van der Waals surface area contributed by atoms with Crippen LogP contribution in [0.25, 0.3) is 10.2 Å². The molecule has 4 nitrogen and oxygen atoms in total. The molecule has 0 atom stereocenters. The highest BCUT2D eigenvalue weighted by molar-refractivity contribution is 7.18. The van der Waals surface area contributed by atoms with Crippen molar-refractivity contribution in [1.29, 1.82) is 0 Å². The molecule has 0 spiro atoms. The number of hydrogen-bond acceptors (Lipinski definition) is 6. The molecule has 6 heteroatoms. The van der Waals surface area contributed by atoms with Crippen LogP contribution in [0.3, 0.4) is 0 Å². The van der Waals surface area contributed by atoms with Crippen molar-refractivity contribution in [1.82, 2.24) is 9.97 Å². The molecule has 0 aliphatic rings. The third-order valence-corrected chi connectivity index (χ3v) is 4.77. The van der Waals surface area contributed by atoms with Crippen molar-refractivity contribution in [3.8, 4) is 0 Å². The molecule has 3 aromatic rings. The SMILES string of the molecule is CCNc1nc(Nc2ccsc2)c2cc(CC)sc2n1. The Kier molecular flexibility index (Phi) is 3.84. The standard InChI is InChI=1S/C14H16N4S2/c1-3-10-7-11-12(16-9-5-6-19-8-9)17-14(15-4-2)18-13(11)20-10/h5-8H,3-4H2,1-2H3,(H2,15,16,17,18). The van der Waals surface area contributed by atoms with Gasteiger partial charge in [-0.15, -0.1) is 11.3 Å². The number of nitrogens with one attached hydrogen (secondary N) is 2. The summed E-state index contributed by atoms with van der Waals surface area (Å²) in [5, 5.41) is 11.8. The van der Waals surface area contributed by atoms with E-state index in [0.717, 1.165) is 34.7 Å². The Balaban J connectivity index is 2.08. The summed E-state index contributed by atoms with van der Waals surface area (Å²) < 4.78 is 0. The third kappa shape index (κ3) is 2.62. The topological polar surface area (TPSA) is 49.8 Å². The fourth-order valence-corrected chi connectivity index (χ4v) is 3.51. The molecule has 0 amide bonds. The molecule has 3 heterocycles. The number of rotatable bonds is 5. The molecule has 0 aromatic carbocycles. The second kappa shape index (κ2) is 5.76. The summed E-state index contributed by atoms with van der Waals surface area (Å²) in [5.74, 6) is 1.56. The number of anilines is 3. The zero-order chi connectivity index (χ0) is 13.9. The average molecular weight is 304 g/mol. The van der Waals surface area contributed by atoms with Crippen LogP contribution in [0, 0.1) is 0 Å². The maximum atomic E-state index is 4.59. The third-order valence-electron chi connectivity index (χ3n) is 2.91. The maximum Gasteiger partial charge on any atom is 0.226 e. The minimum absolute atomic E-state index is 0.683. The van der Waals surface area contributed by atoms with E-state index in [1.165, 1.54) is 4.88 Å². The summed E-state index contributed by atoms with van der Waals surface area (Å²) in [6.45, 7) is 5.02. The Hall–Kier alpha value is -1.66. The second-order valence-corrected chi connectivity index (χ2v) is 6.24. The zero-order valence-corrected chi connectivity index (χ0v) is 13.1. The first-order valence-corrected chi connectivity index (χ1v) is 8.39. The fraction of sp³-hybridized carbons (Fsp3) is 0.286. The Morgan fingerprint density at radius 3 is 2.85 bits per heavy atom. The van der Waals surface area contributed by atoms with Crippen molar-refractivity contribution in [2.45, 2.75) is 20.3 Å². The molecular weight excluding hydrogens is 288 g/mol. The largest absolute Gasteiger partial charge is 0.354 e. The summed E-state index contributed by atoms with van der Waals surface area (Å²) in [6.07, 6.45) is 1.02. The highest BCUT2D eigenvalue weighted by Gasteiger charge is 2.11.